The smallest absolute Gasteiger partial charge is 0.338 e. The van der Waals surface area contributed by atoms with E-state index < -0.39 is 0 Å². The van der Waals surface area contributed by atoms with Crippen LogP contribution in [0.5, 0.6) is 0 Å². The summed E-state index contributed by atoms with van der Waals surface area (Å²) in [4.78, 5) is 13.5. The maximum Gasteiger partial charge on any atom is 0.338 e. The Morgan fingerprint density at radius 2 is 2.16 bits per heavy atom. The molecule has 0 radical (unpaired) electrons. The van der Waals surface area contributed by atoms with Crippen molar-refractivity contribution in [3.63, 3.8) is 0 Å². The van der Waals surface area contributed by atoms with E-state index in [2.05, 4.69) is 0 Å². The van der Waals surface area contributed by atoms with E-state index in [1.165, 1.54) is 11.8 Å². The number of furan rings is 1. The van der Waals surface area contributed by atoms with Gasteiger partial charge in [0, 0.05) is 10.6 Å². The molecule has 2 rings (SSSR count). The third-order valence-corrected chi connectivity index (χ3v) is 3.79. The number of carbonyl (C=O) groups excluding carboxylic acids is 1. The molecule has 19 heavy (non-hydrogen) atoms. The minimum atomic E-state index is -0.356. The standard InChI is InChI=1S/C14H15NO3S/c1-3-17-14(16)10-4-5-13(11(15)8-10)19-12-6-7-18-9(12)2/h4-8H,3,15H2,1-2H3. The van der Waals surface area contributed by atoms with Gasteiger partial charge in [0.15, 0.2) is 0 Å². The van der Waals surface area contributed by atoms with E-state index in [0.717, 1.165) is 15.6 Å². The Labute approximate surface area is 115 Å². The van der Waals surface area contributed by atoms with E-state index in [4.69, 9.17) is 14.9 Å². The summed E-state index contributed by atoms with van der Waals surface area (Å²) in [6, 6.07) is 7.05. The van der Waals surface area contributed by atoms with E-state index in [1.807, 2.05) is 19.1 Å². The highest BCUT2D eigenvalue weighted by Gasteiger charge is 2.11. The van der Waals surface area contributed by atoms with Gasteiger partial charge in [0.05, 0.1) is 23.3 Å². The number of aryl methyl sites for hydroxylation is 1. The SMILES string of the molecule is CCOC(=O)c1ccc(Sc2ccoc2C)c(N)c1. The van der Waals surface area contributed by atoms with Crippen molar-refractivity contribution in [3.05, 3.63) is 41.9 Å². The normalized spacial score (nSPS) is 10.4. The summed E-state index contributed by atoms with van der Waals surface area (Å²) in [5, 5.41) is 0. The van der Waals surface area contributed by atoms with Crippen LogP contribution in [0, 0.1) is 6.92 Å². The van der Waals surface area contributed by atoms with Crippen LogP contribution in [-0.2, 0) is 4.74 Å². The molecule has 0 saturated carbocycles. The Bertz CT molecular complexity index is 592. The molecule has 100 valence electrons. The monoisotopic (exact) mass is 277 g/mol. The summed E-state index contributed by atoms with van der Waals surface area (Å²) < 4.78 is 10.2. The third-order valence-electron chi connectivity index (χ3n) is 2.55. The Balaban J connectivity index is 2.20. The van der Waals surface area contributed by atoms with Crippen LogP contribution in [-0.4, -0.2) is 12.6 Å². The van der Waals surface area contributed by atoms with Gasteiger partial charge in [-0.05, 0) is 38.1 Å². The van der Waals surface area contributed by atoms with Gasteiger partial charge in [-0.1, -0.05) is 11.8 Å². The molecule has 4 nitrogen and oxygen atoms in total. The molecule has 0 atom stereocenters. The van der Waals surface area contributed by atoms with Gasteiger partial charge in [0.2, 0.25) is 0 Å². The molecule has 2 aromatic rings. The Morgan fingerprint density at radius 3 is 2.74 bits per heavy atom. The van der Waals surface area contributed by atoms with Crippen molar-refractivity contribution < 1.29 is 13.9 Å². The second-order valence-electron chi connectivity index (χ2n) is 3.92. The number of hydrogen-bond donors (Lipinski definition) is 1. The van der Waals surface area contributed by atoms with Gasteiger partial charge >= 0.3 is 5.97 Å². The summed E-state index contributed by atoms with van der Waals surface area (Å²) in [7, 11) is 0. The van der Waals surface area contributed by atoms with E-state index in [0.29, 0.717) is 17.9 Å². The van der Waals surface area contributed by atoms with Crippen LogP contribution in [0.15, 0.2) is 44.7 Å². The Hall–Kier alpha value is -1.88. The lowest BCUT2D eigenvalue weighted by atomic mass is 10.2. The number of rotatable bonds is 4. The highest BCUT2D eigenvalue weighted by Crippen LogP contribution is 2.34. The zero-order valence-electron chi connectivity index (χ0n) is 10.8. The Morgan fingerprint density at radius 1 is 1.37 bits per heavy atom. The zero-order valence-corrected chi connectivity index (χ0v) is 11.6. The summed E-state index contributed by atoms with van der Waals surface area (Å²) in [5.74, 6) is 0.490. The molecule has 0 fully saturated rings. The maximum absolute atomic E-state index is 11.6. The second-order valence-corrected chi connectivity index (χ2v) is 5.00. The highest BCUT2D eigenvalue weighted by molar-refractivity contribution is 7.99. The predicted octanol–water partition coefficient (Wildman–Crippen LogP) is 3.50. The van der Waals surface area contributed by atoms with Crippen molar-refractivity contribution in [1.82, 2.24) is 0 Å². The van der Waals surface area contributed by atoms with Gasteiger partial charge in [0.1, 0.15) is 5.76 Å². The Kier molecular flexibility index (Phi) is 4.16. The van der Waals surface area contributed by atoms with Crippen LogP contribution < -0.4 is 5.73 Å². The molecule has 1 aromatic carbocycles. The molecule has 1 heterocycles. The lowest BCUT2D eigenvalue weighted by Gasteiger charge is -2.07. The van der Waals surface area contributed by atoms with E-state index in [1.54, 1.807) is 25.3 Å². The van der Waals surface area contributed by atoms with Gasteiger partial charge in [-0.3, -0.25) is 0 Å². The van der Waals surface area contributed by atoms with Crippen molar-refractivity contribution in [2.75, 3.05) is 12.3 Å². The molecule has 0 unspecified atom stereocenters. The molecule has 2 N–H and O–H groups in total. The summed E-state index contributed by atoms with van der Waals surface area (Å²) in [6.07, 6.45) is 1.64. The number of ether oxygens (including phenoxy) is 1. The summed E-state index contributed by atoms with van der Waals surface area (Å²) in [6.45, 7) is 4.02. The molecular formula is C14H15NO3S. The number of nitrogen functional groups attached to an aromatic ring is 1. The molecule has 0 aliphatic carbocycles. The summed E-state index contributed by atoms with van der Waals surface area (Å²) in [5.41, 5.74) is 6.98. The van der Waals surface area contributed by atoms with Crippen molar-refractivity contribution >= 4 is 23.4 Å². The molecule has 0 saturated heterocycles. The van der Waals surface area contributed by atoms with Crippen LogP contribution in [0.3, 0.4) is 0 Å². The average molecular weight is 277 g/mol. The van der Waals surface area contributed by atoms with Gasteiger partial charge in [0.25, 0.3) is 0 Å². The number of esters is 1. The average Bonchev–Trinajstić information content (AvgIpc) is 2.78. The van der Waals surface area contributed by atoms with Crippen molar-refractivity contribution in [3.8, 4) is 0 Å². The van der Waals surface area contributed by atoms with Crippen molar-refractivity contribution in [1.29, 1.82) is 0 Å². The van der Waals surface area contributed by atoms with Crippen molar-refractivity contribution in [2.24, 2.45) is 0 Å². The number of anilines is 1. The molecule has 5 heteroatoms. The minimum Gasteiger partial charge on any atom is -0.468 e. The highest BCUT2D eigenvalue weighted by atomic mass is 32.2. The molecule has 0 amide bonds. The fourth-order valence-electron chi connectivity index (χ4n) is 1.58. The zero-order chi connectivity index (χ0) is 13.8. The molecule has 0 spiro atoms. The van der Waals surface area contributed by atoms with E-state index >= 15 is 0 Å². The lowest BCUT2D eigenvalue weighted by molar-refractivity contribution is 0.0526. The predicted molar refractivity (Wildman–Crippen MR) is 74.4 cm³/mol. The maximum atomic E-state index is 11.6. The lowest BCUT2D eigenvalue weighted by Crippen LogP contribution is -2.05. The van der Waals surface area contributed by atoms with Crippen LogP contribution in [0.25, 0.3) is 0 Å². The first-order valence-electron chi connectivity index (χ1n) is 5.90. The van der Waals surface area contributed by atoms with Crippen LogP contribution >= 0.6 is 11.8 Å². The number of hydrogen-bond acceptors (Lipinski definition) is 5. The third kappa shape index (κ3) is 3.12. The molecular weight excluding hydrogens is 262 g/mol. The van der Waals surface area contributed by atoms with E-state index in [9.17, 15) is 4.79 Å². The van der Waals surface area contributed by atoms with Crippen molar-refractivity contribution in [2.45, 2.75) is 23.6 Å². The summed E-state index contributed by atoms with van der Waals surface area (Å²) >= 11 is 1.51. The fourth-order valence-corrected chi connectivity index (χ4v) is 2.45. The first-order valence-corrected chi connectivity index (χ1v) is 6.72. The van der Waals surface area contributed by atoms with Gasteiger partial charge in [-0.2, -0.15) is 0 Å². The van der Waals surface area contributed by atoms with Crippen LogP contribution in [0.4, 0.5) is 5.69 Å². The second kappa shape index (κ2) is 5.84. The van der Waals surface area contributed by atoms with Crippen LogP contribution in [0.2, 0.25) is 0 Å². The molecule has 0 bridgehead atoms. The van der Waals surface area contributed by atoms with E-state index in [-0.39, 0.29) is 5.97 Å². The first kappa shape index (κ1) is 13.5. The molecule has 0 aliphatic heterocycles. The molecule has 0 aliphatic rings. The largest absolute Gasteiger partial charge is 0.468 e. The van der Waals surface area contributed by atoms with Gasteiger partial charge in [-0.15, -0.1) is 0 Å². The topological polar surface area (TPSA) is 65.5 Å². The quantitative estimate of drug-likeness (QED) is 0.684. The minimum absolute atomic E-state index is 0.351. The molecule has 1 aromatic heterocycles. The van der Waals surface area contributed by atoms with Gasteiger partial charge < -0.3 is 14.9 Å². The number of carbonyl (C=O) groups is 1. The van der Waals surface area contributed by atoms with Gasteiger partial charge in [-0.25, -0.2) is 4.79 Å². The first-order chi connectivity index (χ1) is 9.11. The number of benzene rings is 1. The number of nitrogens with two attached hydrogens (primary N) is 1. The van der Waals surface area contributed by atoms with Crippen LogP contribution in [0.1, 0.15) is 23.0 Å². The fraction of sp³-hybridized carbons (Fsp3) is 0.214.